The van der Waals surface area contributed by atoms with E-state index in [2.05, 4.69) is 0 Å². The summed E-state index contributed by atoms with van der Waals surface area (Å²) in [6.45, 7) is 1.74. The normalized spacial score (nSPS) is 14.9. The lowest BCUT2D eigenvalue weighted by Crippen LogP contribution is -2.49. The van der Waals surface area contributed by atoms with Crippen LogP contribution in [0.15, 0.2) is 42.5 Å². The molecule has 3 rings (SSSR count). The molecule has 0 aliphatic carbocycles. The summed E-state index contributed by atoms with van der Waals surface area (Å²) in [5.41, 5.74) is 0.621. The van der Waals surface area contributed by atoms with Crippen LogP contribution < -0.4 is 4.90 Å². The van der Waals surface area contributed by atoms with Gasteiger partial charge in [0.25, 0.3) is 5.91 Å². The van der Waals surface area contributed by atoms with Crippen molar-refractivity contribution in [1.82, 2.24) is 4.90 Å². The highest BCUT2D eigenvalue weighted by Gasteiger charge is 2.24. The predicted octanol–water partition coefficient (Wildman–Crippen LogP) is 3.07. The Labute approximate surface area is 131 Å². The highest BCUT2D eigenvalue weighted by molar-refractivity contribution is 5.94. The van der Waals surface area contributed by atoms with E-state index in [9.17, 15) is 18.0 Å². The molecule has 1 amide bonds. The first-order valence-corrected chi connectivity index (χ1v) is 7.30. The van der Waals surface area contributed by atoms with E-state index < -0.39 is 17.5 Å². The quantitative estimate of drug-likeness (QED) is 0.849. The lowest BCUT2D eigenvalue weighted by Gasteiger charge is -2.36. The number of hydrogen-bond acceptors (Lipinski definition) is 2. The molecule has 6 heteroatoms. The average Bonchev–Trinajstić information content (AvgIpc) is 2.57. The number of nitrogens with zero attached hydrogens (tertiary/aromatic N) is 2. The van der Waals surface area contributed by atoms with Gasteiger partial charge in [-0.1, -0.05) is 12.1 Å². The number of anilines is 1. The van der Waals surface area contributed by atoms with Gasteiger partial charge in [0.2, 0.25) is 0 Å². The summed E-state index contributed by atoms with van der Waals surface area (Å²) in [7, 11) is 0. The molecule has 3 nitrogen and oxygen atoms in total. The summed E-state index contributed by atoms with van der Waals surface area (Å²) >= 11 is 0. The number of carbonyl (C=O) groups is 1. The summed E-state index contributed by atoms with van der Waals surface area (Å²) in [5.74, 6) is -2.68. The topological polar surface area (TPSA) is 23.6 Å². The number of piperazine rings is 1. The fourth-order valence-corrected chi connectivity index (χ4v) is 2.65. The number of amides is 1. The summed E-state index contributed by atoms with van der Waals surface area (Å²) in [4.78, 5) is 15.8. The number of benzene rings is 2. The minimum atomic E-state index is -0.896. The van der Waals surface area contributed by atoms with Gasteiger partial charge >= 0.3 is 0 Å². The largest absolute Gasteiger partial charge is 0.368 e. The van der Waals surface area contributed by atoms with Gasteiger partial charge in [0, 0.05) is 37.9 Å². The van der Waals surface area contributed by atoms with Crippen molar-refractivity contribution in [3.05, 3.63) is 65.5 Å². The monoisotopic (exact) mass is 320 g/mol. The smallest absolute Gasteiger partial charge is 0.256 e. The molecule has 1 fully saturated rings. The Hall–Kier alpha value is -2.50. The maximum atomic E-state index is 13.7. The van der Waals surface area contributed by atoms with E-state index in [4.69, 9.17) is 0 Å². The second kappa shape index (κ2) is 6.32. The molecule has 0 spiro atoms. The molecule has 0 aromatic heterocycles. The van der Waals surface area contributed by atoms with Crippen molar-refractivity contribution < 1.29 is 18.0 Å². The van der Waals surface area contributed by atoms with E-state index in [-0.39, 0.29) is 11.5 Å². The van der Waals surface area contributed by atoms with Crippen LogP contribution in [0.5, 0.6) is 0 Å². The maximum Gasteiger partial charge on any atom is 0.256 e. The fraction of sp³-hybridized carbons (Fsp3) is 0.235. The number of hydrogen-bond donors (Lipinski definition) is 0. The van der Waals surface area contributed by atoms with Crippen molar-refractivity contribution in [3.8, 4) is 0 Å². The minimum Gasteiger partial charge on any atom is -0.368 e. The highest BCUT2D eigenvalue weighted by atomic mass is 19.2. The van der Waals surface area contributed by atoms with Crippen LogP contribution in [-0.2, 0) is 0 Å². The molecular formula is C17H15F3N2O. The lowest BCUT2D eigenvalue weighted by atomic mass is 10.1. The van der Waals surface area contributed by atoms with Crippen molar-refractivity contribution in [1.29, 1.82) is 0 Å². The first kappa shape index (κ1) is 15.4. The molecule has 1 aliphatic rings. The van der Waals surface area contributed by atoms with Gasteiger partial charge in [0.1, 0.15) is 5.82 Å². The first-order chi connectivity index (χ1) is 11.1. The van der Waals surface area contributed by atoms with Crippen LogP contribution in [0.1, 0.15) is 10.4 Å². The fourth-order valence-electron chi connectivity index (χ4n) is 2.65. The highest BCUT2D eigenvalue weighted by Crippen LogP contribution is 2.20. The van der Waals surface area contributed by atoms with Gasteiger partial charge in [-0.25, -0.2) is 13.2 Å². The van der Waals surface area contributed by atoms with Crippen molar-refractivity contribution in [2.24, 2.45) is 0 Å². The molecule has 0 N–H and O–H groups in total. The minimum absolute atomic E-state index is 0.0498. The Morgan fingerprint density at radius 3 is 2.17 bits per heavy atom. The Kier molecular flexibility index (Phi) is 4.23. The van der Waals surface area contributed by atoms with Gasteiger partial charge in [-0.3, -0.25) is 4.79 Å². The molecule has 2 aromatic carbocycles. The van der Waals surface area contributed by atoms with E-state index in [0.29, 0.717) is 31.9 Å². The van der Waals surface area contributed by atoms with E-state index in [0.717, 1.165) is 12.1 Å². The standard InChI is InChI=1S/C17H15F3N2O/c18-14-4-2-1-3-13(14)17(23)22-9-7-21(8-10-22)12-5-6-15(19)16(20)11-12/h1-6,11H,7-10H2. The van der Waals surface area contributed by atoms with Crippen molar-refractivity contribution in [3.63, 3.8) is 0 Å². The van der Waals surface area contributed by atoms with Crippen LogP contribution >= 0.6 is 0 Å². The third-order valence-electron chi connectivity index (χ3n) is 3.94. The Balaban J connectivity index is 1.67. The van der Waals surface area contributed by atoms with E-state index in [1.165, 1.54) is 24.3 Å². The van der Waals surface area contributed by atoms with Crippen molar-refractivity contribution >= 4 is 11.6 Å². The van der Waals surface area contributed by atoms with Crippen LogP contribution in [0.2, 0.25) is 0 Å². The van der Waals surface area contributed by atoms with Crippen molar-refractivity contribution in [2.75, 3.05) is 31.1 Å². The second-order valence-electron chi connectivity index (χ2n) is 5.36. The molecule has 0 unspecified atom stereocenters. The maximum absolute atomic E-state index is 13.7. The first-order valence-electron chi connectivity index (χ1n) is 7.30. The van der Waals surface area contributed by atoms with Crippen LogP contribution in [0.3, 0.4) is 0 Å². The Morgan fingerprint density at radius 2 is 1.52 bits per heavy atom. The summed E-state index contributed by atoms with van der Waals surface area (Å²) in [6, 6.07) is 9.60. The molecule has 1 heterocycles. The lowest BCUT2D eigenvalue weighted by molar-refractivity contribution is 0.0742. The molecule has 2 aromatic rings. The van der Waals surface area contributed by atoms with Gasteiger partial charge in [-0.2, -0.15) is 0 Å². The van der Waals surface area contributed by atoms with Crippen LogP contribution in [0, 0.1) is 17.5 Å². The molecule has 1 saturated heterocycles. The molecule has 0 radical (unpaired) electrons. The zero-order chi connectivity index (χ0) is 16.4. The summed E-state index contributed by atoms with van der Waals surface area (Å²) in [6.07, 6.45) is 0. The molecule has 0 bridgehead atoms. The van der Waals surface area contributed by atoms with Crippen LogP contribution in [0.25, 0.3) is 0 Å². The summed E-state index contributed by atoms with van der Waals surface area (Å²) < 4.78 is 40.0. The zero-order valence-corrected chi connectivity index (χ0v) is 12.3. The molecule has 0 atom stereocenters. The Bertz CT molecular complexity index is 728. The van der Waals surface area contributed by atoms with Gasteiger partial charge in [0.15, 0.2) is 11.6 Å². The van der Waals surface area contributed by atoms with E-state index in [1.54, 1.807) is 11.0 Å². The SMILES string of the molecule is O=C(c1ccccc1F)N1CCN(c2ccc(F)c(F)c2)CC1. The van der Waals surface area contributed by atoms with Gasteiger partial charge in [-0.15, -0.1) is 0 Å². The zero-order valence-electron chi connectivity index (χ0n) is 12.3. The Morgan fingerprint density at radius 1 is 0.826 bits per heavy atom. The van der Waals surface area contributed by atoms with Gasteiger partial charge in [-0.05, 0) is 24.3 Å². The van der Waals surface area contributed by atoms with Crippen LogP contribution in [0.4, 0.5) is 18.9 Å². The van der Waals surface area contributed by atoms with E-state index >= 15 is 0 Å². The number of carbonyl (C=O) groups excluding carboxylic acids is 1. The average molecular weight is 320 g/mol. The second-order valence-corrected chi connectivity index (χ2v) is 5.36. The summed E-state index contributed by atoms with van der Waals surface area (Å²) in [5, 5.41) is 0. The molecule has 0 saturated carbocycles. The van der Waals surface area contributed by atoms with Crippen LogP contribution in [-0.4, -0.2) is 37.0 Å². The molecule has 1 aliphatic heterocycles. The molecule has 23 heavy (non-hydrogen) atoms. The van der Waals surface area contributed by atoms with Crippen molar-refractivity contribution in [2.45, 2.75) is 0 Å². The van der Waals surface area contributed by atoms with E-state index in [1.807, 2.05) is 4.90 Å². The molecular weight excluding hydrogens is 305 g/mol. The number of rotatable bonds is 2. The third-order valence-corrected chi connectivity index (χ3v) is 3.94. The number of halogens is 3. The third kappa shape index (κ3) is 3.16. The van der Waals surface area contributed by atoms with Gasteiger partial charge < -0.3 is 9.80 Å². The van der Waals surface area contributed by atoms with Gasteiger partial charge in [0.05, 0.1) is 5.56 Å². The predicted molar refractivity (Wildman–Crippen MR) is 80.9 cm³/mol. The molecule has 120 valence electrons.